The molecule has 0 spiro atoms. The number of rotatable bonds is 3. The second kappa shape index (κ2) is 5.01. The summed E-state index contributed by atoms with van der Waals surface area (Å²) >= 11 is 17.0. The van der Waals surface area contributed by atoms with E-state index in [1.54, 1.807) is 6.92 Å². The van der Waals surface area contributed by atoms with Crippen LogP contribution in [0.4, 0.5) is 0 Å². The van der Waals surface area contributed by atoms with Gasteiger partial charge < -0.3 is 0 Å². The first-order valence-electron chi connectivity index (χ1n) is 6.28. The molecule has 0 aromatic rings. The molecule has 2 fully saturated rings. The summed E-state index contributed by atoms with van der Waals surface area (Å²) in [4.78, 5) is 34.9. The van der Waals surface area contributed by atoms with Gasteiger partial charge in [-0.05, 0) is 72.8 Å². The molecule has 6 heteroatoms. The van der Waals surface area contributed by atoms with E-state index >= 15 is 0 Å². The Morgan fingerprint density at radius 2 is 1.63 bits per heavy atom. The normalized spacial score (nSPS) is 41.7. The molecule has 0 radical (unpaired) electrons. The van der Waals surface area contributed by atoms with Crippen molar-refractivity contribution in [1.82, 2.24) is 0 Å². The fraction of sp³-hybridized carbons (Fsp3) is 0.769. The number of hydrogen-bond acceptors (Lipinski definition) is 3. The average molecular weight is 326 g/mol. The Morgan fingerprint density at radius 1 is 1.00 bits per heavy atom. The Balaban J connectivity index is 2.36. The number of carbonyl (C=O) groups is 3. The van der Waals surface area contributed by atoms with E-state index in [2.05, 4.69) is 0 Å². The Labute approximate surface area is 127 Å². The number of halogens is 3. The van der Waals surface area contributed by atoms with Crippen LogP contribution in [0.5, 0.6) is 0 Å². The minimum atomic E-state index is -0.836. The monoisotopic (exact) mass is 324 g/mol. The maximum Gasteiger partial charge on any atom is 0.227 e. The summed E-state index contributed by atoms with van der Waals surface area (Å²) in [6, 6.07) is 0. The smallest absolute Gasteiger partial charge is 0.227 e. The Bertz CT molecular complexity index is 448. The van der Waals surface area contributed by atoms with Crippen molar-refractivity contribution in [1.29, 1.82) is 0 Å². The lowest BCUT2D eigenvalue weighted by atomic mass is 9.53. The molecule has 4 unspecified atom stereocenters. The molecule has 0 aromatic heterocycles. The lowest BCUT2D eigenvalue weighted by Gasteiger charge is -2.51. The van der Waals surface area contributed by atoms with Crippen molar-refractivity contribution in [2.45, 2.75) is 39.0 Å². The molecule has 2 rings (SSSR count). The maximum atomic E-state index is 11.9. The summed E-state index contributed by atoms with van der Waals surface area (Å²) in [6.45, 7) is 1.77. The molecule has 2 saturated carbocycles. The topological polar surface area (TPSA) is 51.2 Å². The van der Waals surface area contributed by atoms with Gasteiger partial charge in [-0.3, -0.25) is 14.4 Å². The molecule has 19 heavy (non-hydrogen) atoms. The highest BCUT2D eigenvalue weighted by Gasteiger charge is 2.56. The zero-order valence-corrected chi connectivity index (χ0v) is 12.8. The van der Waals surface area contributed by atoms with Gasteiger partial charge in [-0.25, -0.2) is 0 Å². The average Bonchev–Trinajstić information content (AvgIpc) is 2.26. The van der Waals surface area contributed by atoms with Gasteiger partial charge in [0.05, 0.1) is 0 Å². The van der Waals surface area contributed by atoms with Gasteiger partial charge in [0.25, 0.3) is 0 Å². The molecule has 0 heterocycles. The fourth-order valence-electron chi connectivity index (χ4n) is 3.99. The van der Waals surface area contributed by atoms with Crippen LogP contribution in [0, 0.1) is 22.7 Å². The third-order valence-electron chi connectivity index (χ3n) is 4.61. The van der Waals surface area contributed by atoms with E-state index in [-0.39, 0.29) is 11.8 Å². The molecular weight excluding hydrogens is 310 g/mol. The van der Waals surface area contributed by atoms with Crippen molar-refractivity contribution in [3.63, 3.8) is 0 Å². The first-order valence-corrected chi connectivity index (χ1v) is 7.41. The molecule has 2 bridgehead atoms. The predicted octanol–water partition coefficient (Wildman–Crippen LogP) is 3.49. The van der Waals surface area contributed by atoms with Gasteiger partial charge in [-0.2, -0.15) is 0 Å². The zero-order chi connectivity index (χ0) is 14.4. The predicted molar refractivity (Wildman–Crippen MR) is 73.2 cm³/mol. The molecule has 0 N–H and O–H groups in total. The fourth-order valence-corrected chi connectivity index (χ4v) is 4.52. The van der Waals surface area contributed by atoms with Crippen LogP contribution in [0.15, 0.2) is 0 Å². The van der Waals surface area contributed by atoms with Crippen LogP contribution in [-0.4, -0.2) is 15.7 Å². The van der Waals surface area contributed by atoms with Crippen molar-refractivity contribution in [3.05, 3.63) is 0 Å². The largest absolute Gasteiger partial charge is 0.281 e. The molecule has 4 atom stereocenters. The van der Waals surface area contributed by atoms with Crippen LogP contribution in [0.3, 0.4) is 0 Å². The van der Waals surface area contributed by atoms with Crippen LogP contribution in [-0.2, 0) is 14.4 Å². The van der Waals surface area contributed by atoms with E-state index in [4.69, 9.17) is 34.8 Å². The molecule has 106 valence electrons. The molecule has 0 aromatic carbocycles. The third-order valence-corrected chi connectivity index (χ3v) is 5.78. The standard InChI is InChI=1S/C13H15Cl3O3/c1-12(10(15)18)3-7-2-8(9(14)17)5-13(4-7,6-12)11(16)19/h7-8H,2-6H2,1H3. The van der Waals surface area contributed by atoms with Crippen molar-refractivity contribution in [3.8, 4) is 0 Å². The SMILES string of the molecule is CC1(C(=O)Cl)CC2CC(C(=O)Cl)CC(C(=O)Cl)(C2)C1. The van der Waals surface area contributed by atoms with E-state index < -0.39 is 26.6 Å². The maximum absolute atomic E-state index is 11.9. The quantitative estimate of drug-likeness (QED) is 0.746. The molecule has 0 saturated heterocycles. The van der Waals surface area contributed by atoms with Crippen molar-refractivity contribution < 1.29 is 14.4 Å². The Hall–Kier alpha value is -0.120. The molecule has 2 aliphatic rings. The van der Waals surface area contributed by atoms with Crippen LogP contribution in [0.25, 0.3) is 0 Å². The van der Waals surface area contributed by atoms with Crippen LogP contribution >= 0.6 is 34.8 Å². The first-order chi connectivity index (χ1) is 8.68. The highest BCUT2D eigenvalue weighted by atomic mass is 35.5. The third kappa shape index (κ3) is 2.70. The molecule has 3 nitrogen and oxygen atoms in total. The summed E-state index contributed by atoms with van der Waals surface area (Å²) in [5.74, 6) is -0.260. The van der Waals surface area contributed by atoms with E-state index in [1.165, 1.54) is 0 Å². The lowest BCUT2D eigenvalue weighted by molar-refractivity contribution is -0.140. The summed E-state index contributed by atoms with van der Waals surface area (Å²) in [5.41, 5.74) is -1.58. The molecular formula is C13H15Cl3O3. The summed E-state index contributed by atoms with van der Waals surface area (Å²) in [7, 11) is 0. The van der Waals surface area contributed by atoms with Crippen molar-refractivity contribution in [2.75, 3.05) is 0 Å². The van der Waals surface area contributed by atoms with Gasteiger partial charge in [0.2, 0.25) is 15.7 Å². The molecule has 2 aliphatic carbocycles. The molecule has 0 aliphatic heterocycles. The van der Waals surface area contributed by atoms with Gasteiger partial charge in [-0.15, -0.1) is 0 Å². The van der Waals surface area contributed by atoms with Gasteiger partial charge in [0.1, 0.15) is 0 Å². The van der Waals surface area contributed by atoms with E-state index in [1.807, 2.05) is 0 Å². The lowest BCUT2D eigenvalue weighted by Crippen LogP contribution is -2.49. The van der Waals surface area contributed by atoms with Crippen molar-refractivity contribution in [2.24, 2.45) is 22.7 Å². The number of carbonyl (C=O) groups excluding carboxylic acids is 3. The second-order valence-corrected chi connectivity index (χ2v) is 7.34. The van der Waals surface area contributed by atoms with E-state index in [0.717, 1.165) is 0 Å². The van der Waals surface area contributed by atoms with Crippen LogP contribution in [0.2, 0.25) is 0 Å². The number of fused-ring (bicyclic) bond motifs is 2. The highest BCUT2D eigenvalue weighted by Crippen LogP contribution is 2.58. The summed E-state index contributed by atoms with van der Waals surface area (Å²) < 4.78 is 0. The Morgan fingerprint density at radius 3 is 2.11 bits per heavy atom. The highest BCUT2D eigenvalue weighted by molar-refractivity contribution is 6.66. The van der Waals surface area contributed by atoms with E-state index in [0.29, 0.717) is 32.1 Å². The van der Waals surface area contributed by atoms with Gasteiger partial charge in [0.15, 0.2) is 0 Å². The van der Waals surface area contributed by atoms with Crippen molar-refractivity contribution >= 4 is 50.5 Å². The second-order valence-electron chi connectivity index (χ2n) is 6.28. The van der Waals surface area contributed by atoms with E-state index in [9.17, 15) is 14.4 Å². The van der Waals surface area contributed by atoms with Gasteiger partial charge >= 0.3 is 0 Å². The summed E-state index contributed by atoms with van der Waals surface area (Å²) in [5, 5.41) is -1.34. The molecule has 0 amide bonds. The summed E-state index contributed by atoms with van der Waals surface area (Å²) in [6.07, 6.45) is 2.45. The number of hydrogen-bond donors (Lipinski definition) is 0. The van der Waals surface area contributed by atoms with Crippen LogP contribution in [0.1, 0.15) is 39.0 Å². The minimum Gasteiger partial charge on any atom is -0.281 e. The first kappa shape index (κ1) is 15.3. The Kier molecular flexibility index (Phi) is 4.03. The minimum absolute atomic E-state index is 0.0885. The van der Waals surface area contributed by atoms with Crippen LogP contribution < -0.4 is 0 Å². The van der Waals surface area contributed by atoms with Gasteiger partial charge in [-0.1, -0.05) is 6.92 Å². The zero-order valence-electron chi connectivity index (χ0n) is 10.5. The van der Waals surface area contributed by atoms with Gasteiger partial charge in [0, 0.05) is 16.7 Å².